The highest BCUT2D eigenvalue weighted by molar-refractivity contribution is 5.91. The summed E-state index contributed by atoms with van der Waals surface area (Å²) in [4.78, 5) is 14.1. The Hall–Kier alpha value is -1.66. The molecule has 1 heterocycles. The predicted molar refractivity (Wildman–Crippen MR) is 80.5 cm³/mol. The summed E-state index contributed by atoms with van der Waals surface area (Å²) in [6.07, 6.45) is 0.310. The van der Waals surface area contributed by atoms with Crippen molar-refractivity contribution in [2.75, 3.05) is 37.3 Å². The van der Waals surface area contributed by atoms with Gasteiger partial charge in [-0.05, 0) is 32.0 Å². The van der Waals surface area contributed by atoms with Gasteiger partial charge < -0.3 is 15.8 Å². The Labute approximate surface area is 124 Å². The lowest BCUT2D eigenvalue weighted by Crippen LogP contribution is -2.48. The molecular weight excluding hydrogens is 273 g/mol. The van der Waals surface area contributed by atoms with Crippen LogP contribution in [-0.4, -0.2) is 42.6 Å². The summed E-state index contributed by atoms with van der Waals surface area (Å²) in [6.45, 7) is 6.94. The molecule has 21 heavy (non-hydrogen) atoms. The van der Waals surface area contributed by atoms with Crippen molar-refractivity contribution >= 4 is 17.3 Å². The van der Waals surface area contributed by atoms with Crippen LogP contribution >= 0.6 is 0 Å². The van der Waals surface area contributed by atoms with Gasteiger partial charge in [0.2, 0.25) is 5.91 Å². The molecule has 1 amide bonds. The van der Waals surface area contributed by atoms with Gasteiger partial charge in [0, 0.05) is 31.7 Å². The number of carbonyl (C=O) groups excluding carboxylic acids is 1. The highest BCUT2D eigenvalue weighted by atomic mass is 19.1. The van der Waals surface area contributed by atoms with Crippen LogP contribution in [0.15, 0.2) is 18.2 Å². The molecule has 0 unspecified atom stereocenters. The number of rotatable bonds is 4. The summed E-state index contributed by atoms with van der Waals surface area (Å²) < 4.78 is 19.2. The molecular formula is C15H22FN3O2. The first-order chi connectivity index (χ1) is 9.85. The molecule has 0 atom stereocenters. The first-order valence-electron chi connectivity index (χ1n) is 7.07. The first kappa shape index (κ1) is 15.7. The zero-order valence-corrected chi connectivity index (χ0v) is 12.5. The van der Waals surface area contributed by atoms with E-state index in [0.29, 0.717) is 25.3 Å². The Balaban J connectivity index is 1.83. The third kappa shape index (κ3) is 4.68. The van der Waals surface area contributed by atoms with Crippen molar-refractivity contribution < 1.29 is 13.9 Å². The summed E-state index contributed by atoms with van der Waals surface area (Å²) >= 11 is 0. The van der Waals surface area contributed by atoms with Crippen LogP contribution in [0.4, 0.5) is 15.8 Å². The summed E-state index contributed by atoms with van der Waals surface area (Å²) in [5.74, 6) is -0.700. The van der Waals surface area contributed by atoms with E-state index < -0.39 is 5.82 Å². The number of nitrogens with zero attached hydrogens (tertiary/aromatic N) is 1. The van der Waals surface area contributed by atoms with E-state index in [1.165, 1.54) is 18.2 Å². The fraction of sp³-hybridized carbons (Fsp3) is 0.533. The Kier molecular flexibility index (Phi) is 4.80. The molecule has 1 saturated heterocycles. The van der Waals surface area contributed by atoms with Gasteiger partial charge in [-0.1, -0.05) is 0 Å². The number of hydrogen-bond donors (Lipinski definition) is 2. The molecule has 0 aliphatic carbocycles. The lowest BCUT2D eigenvalue weighted by molar-refractivity contribution is -0.118. The Morgan fingerprint density at radius 1 is 1.52 bits per heavy atom. The topological polar surface area (TPSA) is 67.6 Å². The van der Waals surface area contributed by atoms with Crippen LogP contribution in [0.1, 0.15) is 20.3 Å². The van der Waals surface area contributed by atoms with Gasteiger partial charge in [-0.3, -0.25) is 9.69 Å². The lowest BCUT2D eigenvalue weighted by Gasteiger charge is -2.38. The molecule has 5 nitrogen and oxygen atoms in total. The Morgan fingerprint density at radius 3 is 3.00 bits per heavy atom. The van der Waals surface area contributed by atoms with Crippen molar-refractivity contribution in [3.8, 4) is 0 Å². The number of carbonyl (C=O) groups is 1. The molecule has 1 aliphatic rings. The maximum atomic E-state index is 13.5. The van der Waals surface area contributed by atoms with E-state index in [2.05, 4.69) is 10.2 Å². The van der Waals surface area contributed by atoms with E-state index in [4.69, 9.17) is 10.5 Å². The smallest absolute Gasteiger partial charge is 0.225 e. The van der Waals surface area contributed by atoms with Gasteiger partial charge in [0.25, 0.3) is 0 Å². The largest absolute Gasteiger partial charge is 0.399 e. The molecule has 3 N–H and O–H groups in total. The van der Waals surface area contributed by atoms with E-state index in [-0.39, 0.29) is 17.2 Å². The number of amides is 1. The van der Waals surface area contributed by atoms with Crippen LogP contribution in [0.3, 0.4) is 0 Å². The zero-order valence-electron chi connectivity index (χ0n) is 12.5. The molecule has 0 aromatic heterocycles. The minimum atomic E-state index is -0.481. The van der Waals surface area contributed by atoms with Gasteiger partial charge in [0.15, 0.2) is 0 Å². The summed E-state index contributed by atoms with van der Waals surface area (Å²) in [7, 11) is 0. The number of benzene rings is 1. The average molecular weight is 295 g/mol. The monoisotopic (exact) mass is 295 g/mol. The second-order valence-electron chi connectivity index (χ2n) is 5.92. The van der Waals surface area contributed by atoms with Gasteiger partial charge in [-0.15, -0.1) is 0 Å². The van der Waals surface area contributed by atoms with Crippen LogP contribution in [0.5, 0.6) is 0 Å². The summed E-state index contributed by atoms with van der Waals surface area (Å²) in [6, 6.07) is 4.13. The molecule has 0 spiro atoms. The minimum Gasteiger partial charge on any atom is -0.399 e. The molecule has 2 rings (SSSR count). The van der Waals surface area contributed by atoms with E-state index in [1.807, 2.05) is 13.8 Å². The minimum absolute atomic E-state index is 0.127. The van der Waals surface area contributed by atoms with E-state index in [0.717, 1.165) is 13.1 Å². The van der Waals surface area contributed by atoms with Crippen molar-refractivity contribution in [3.05, 3.63) is 24.0 Å². The number of halogens is 1. The highest BCUT2D eigenvalue weighted by Crippen LogP contribution is 2.18. The summed E-state index contributed by atoms with van der Waals surface area (Å²) in [5.41, 5.74) is 5.94. The van der Waals surface area contributed by atoms with Crippen LogP contribution in [0, 0.1) is 5.82 Å². The number of nitrogens with one attached hydrogen (secondary N) is 1. The molecule has 1 aromatic rings. The number of hydrogen-bond acceptors (Lipinski definition) is 4. The second-order valence-corrected chi connectivity index (χ2v) is 5.92. The van der Waals surface area contributed by atoms with E-state index >= 15 is 0 Å². The molecule has 0 saturated carbocycles. The van der Waals surface area contributed by atoms with Gasteiger partial charge in [-0.2, -0.15) is 0 Å². The van der Waals surface area contributed by atoms with Crippen molar-refractivity contribution in [1.82, 2.24) is 4.90 Å². The van der Waals surface area contributed by atoms with Gasteiger partial charge in [-0.25, -0.2) is 4.39 Å². The molecule has 6 heteroatoms. The van der Waals surface area contributed by atoms with E-state index in [1.54, 1.807) is 0 Å². The number of nitrogens with two attached hydrogens (primary N) is 1. The molecule has 1 fully saturated rings. The van der Waals surface area contributed by atoms with Gasteiger partial charge in [0.05, 0.1) is 17.9 Å². The van der Waals surface area contributed by atoms with Gasteiger partial charge >= 0.3 is 0 Å². The number of morpholine rings is 1. The predicted octanol–water partition coefficient (Wildman–Crippen LogP) is 1.85. The number of ether oxygens (including phenoxy) is 1. The number of nitrogen functional groups attached to an aromatic ring is 1. The quantitative estimate of drug-likeness (QED) is 0.832. The molecule has 116 valence electrons. The van der Waals surface area contributed by atoms with Crippen molar-refractivity contribution in [1.29, 1.82) is 0 Å². The highest BCUT2D eigenvalue weighted by Gasteiger charge is 2.27. The normalized spacial score (nSPS) is 18.4. The molecule has 0 bridgehead atoms. The number of anilines is 2. The fourth-order valence-corrected chi connectivity index (χ4v) is 2.42. The Morgan fingerprint density at radius 2 is 2.29 bits per heavy atom. The maximum absolute atomic E-state index is 13.5. The average Bonchev–Trinajstić information content (AvgIpc) is 2.40. The Bertz CT molecular complexity index is 520. The van der Waals surface area contributed by atoms with Crippen molar-refractivity contribution in [2.45, 2.75) is 25.9 Å². The van der Waals surface area contributed by atoms with Crippen molar-refractivity contribution in [2.24, 2.45) is 0 Å². The summed E-state index contributed by atoms with van der Waals surface area (Å²) in [5, 5.41) is 2.56. The van der Waals surface area contributed by atoms with Crippen molar-refractivity contribution in [3.63, 3.8) is 0 Å². The first-order valence-corrected chi connectivity index (χ1v) is 7.07. The van der Waals surface area contributed by atoms with Crippen LogP contribution in [0.25, 0.3) is 0 Å². The zero-order chi connectivity index (χ0) is 15.5. The maximum Gasteiger partial charge on any atom is 0.225 e. The molecule has 0 radical (unpaired) electrons. The lowest BCUT2D eigenvalue weighted by atomic mass is 10.1. The fourth-order valence-electron chi connectivity index (χ4n) is 2.42. The molecule has 1 aliphatic heterocycles. The van der Waals surface area contributed by atoms with Crippen LogP contribution < -0.4 is 11.1 Å². The third-order valence-corrected chi connectivity index (χ3v) is 3.42. The van der Waals surface area contributed by atoms with Crippen LogP contribution in [0.2, 0.25) is 0 Å². The third-order valence-electron chi connectivity index (χ3n) is 3.42. The second kappa shape index (κ2) is 6.41. The van der Waals surface area contributed by atoms with Crippen LogP contribution in [-0.2, 0) is 9.53 Å². The molecule has 1 aromatic carbocycles. The van der Waals surface area contributed by atoms with E-state index in [9.17, 15) is 9.18 Å². The standard InChI is InChI=1S/C15H22FN3O2/c1-15(2)10-19(7-8-21-15)6-5-14(20)18-13-9-11(17)3-4-12(13)16/h3-4,9H,5-8,10,17H2,1-2H3,(H,18,20). The SMILES string of the molecule is CC1(C)CN(CCC(=O)Nc2cc(N)ccc2F)CCO1. The van der Waals surface area contributed by atoms with Gasteiger partial charge in [0.1, 0.15) is 5.82 Å².